The van der Waals surface area contributed by atoms with E-state index in [0.29, 0.717) is 28.0 Å². The Morgan fingerprint density at radius 1 is 1.14 bits per heavy atom. The van der Waals surface area contributed by atoms with Crippen LogP contribution in [0.15, 0.2) is 40.8 Å². The molecule has 2 aromatic carbocycles. The monoisotopic (exact) mass is 502 g/mol. The zero-order chi connectivity index (χ0) is 25.4. The van der Waals surface area contributed by atoms with E-state index < -0.39 is 36.6 Å². The van der Waals surface area contributed by atoms with Crippen LogP contribution in [0.3, 0.4) is 0 Å². The lowest BCUT2D eigenvalue weighted by atomic mass is 9.96. The number of furan rings is 1. The van der Waals surface area contributed by atoms with Gasteiger partial charge in [0.15, 0.2) is 11.3 Å². The first-order valence-electron chi connectivity index (χ1n) is 11.9. The Balaban J connectivity index is 1.44. The number of nitrogens with zero attached hydrogens (tertiary/aromatic N) is 1. The molecule has 1 saturated carbocycles. The molecule has 0 radical (unpaired) electrons. The lowest BCUT2D eigenvalue weighted by molar-refractivity contribution is -0.0494. The second-order valence-corrected chi connectivity index (χ2v) is 9.28. The minimum Gasteiger partial charge on any atom is -0.486 e. The van der Waals surface area contributed by atoms with E-state index in [1.807, 2.05) is 0 Å². The lowest BCUT2D eigenvalue weighted by Gasteiger charge is -2.31. The van der Waals surface area contributed by atoms with Gasteiger partial charge in [-0.15, -0.1) is 0 Å². The van der Waals surface area contributed by atoms with Crippen LogP contribution in [0, 0.1) is 5.82 Å². The number of benzene rings is 2. The molecule has 2 fully saturated rings. The fraction of sp³-hybridized carbons (Fsp3) is 0.385. The second kappa shape index (κ2) is 9.40. The van der Waals surface area contributed by atoms with Crippen molar-refractivity contribution in [1.29, 1.82) is 0 Å². The second-order valence-electron chi connectivity index (χ2n) is 9.28. The first-order chi connectivity index (χ1) is 17.2. The number of fused-ring (bicyclic) bond motifs is 1. The van der Waals surface area contributed by atoms with Gasteiger partial charge < -0.3 is 24.5 Å². The summed E-state index contributed by atoms with van der Waals surface area (Å²) in [5.41, 5.74) is 1.29. The van der Waals surface area contributed by atoms with Crippen molar-refractivity contribution >= 4 is 23.0 Å². The van der Waals surface area contributed by atoms with Gasteiger partial charge in [0, 0.05) is 42.4 Å². The van der Waals surface area contributed by atoms with E-state index in [-0.39, 0.29) is 36.9 Å². The Kier molecular flexibility index (Phi) is 6.27. The largest absolute Gasteiger partial charge is 0.486 e. The number of hydrogen-bond acceptors (Lipinski definition) is 4. The molecule has 0 bridgehead atoms. The summed E-state index contributed by atoms with van der Waals surface area (Å²) in [4.78, 5) is 24.9. The molecule has 10 heteroatoms. The molecule has 7 nitrogen and oxygen atoms in total. The summed E-state index contributed by atoms with van der Waals surface area (Å²) in [7, 11) is 0. The Bertz CT molecular complexity index is 1310. The molecule has 1 aliphatic heterocycles. The molecular weight excluding hydrogens is 477 g/mol. The van der Waals surface area contributed by atoms with Crippen LogP contribution in [-0.4, -0.2) is 47.1 Å². The molecule has 1 saturated heterocycles. The Morgan fingerprint density at radius 2 is 1.89 bits per heavy atom. The number of halogens is 3. The molecule has 2 aliphatic rings. The maximum Gasteiger partial charge on any atom is 0.405 e. The average Bonchev–Trinajstić information content (AvgIpc) is 3.22. The van der Waals surface area contributed by atoms with Gasteiger partial charge in [-0.25, -0.2) is 18.0 Å². The topological polar surface area (TPSA) is 92.0 Å². The van der Waals surface area contributed by atoms with E-state index in [4.69, 9.17) is 14.3 Å². The van der Waals surface area contributed by atoms with Crippen molar-refractivity contribution in [3.63, 3.8) is 0 Å². The van der Waals surface area contributed by atoms with Crippen LogP contribution in [0.4, 0.5) is 18.0 Å². The number of alkyl halides is 2. The molecule has 190 valence electrons. The molecule has 2 heterocycles. The summed E-state index contributed by atoms with van der Waals surface area (Å²) < 4.78 is 54.0. The van der Waals surface area contributed by atoms with Gasteiger partial charge in [-0.2, -0.15) is 0 Å². The summed E-state index contributed by atoms with van der Waals surface area (Å²) in [6, 6.07) is 9.15. The third kappa shape index (κ3) is 4.98. The Hall–Kier alpha value is -3.69. The van der Waals surface area contributed by atoms with Crippen LogP contribution in [0.2, 0.25) is 0 Å². The number of carbonyl (C=O) groups excluding carboxylic acids is 1. The first kappa shape index (κ1) is 24.0. The van der Waals surface area contributed by atoms with E-state index in [2.05, 4.69) is 5.32 Å². The highest BCUT2D eigenvalue weighted by Gasteiger charge is 2.36. The van der Waals surface area contributed by atoms with E-state index in [0.717, 1.165) is 25.3 Å². The molecule has 2 amide bonds. The van der Waals surface area contributed by atoms with Gasteiger partial charge in [0.25, 0.3) is 11.8 Å². The standard InChI is InChI=1S/C26H25F3N2O5/c27-21-12-15(24(32)31-8-6-26(28,29)7-9-31)4-5-20(21)16-10-17-11-19(14-30-25(33)34)36-23(17)22(13-16)35-18-2-1-3-18/h4-5,10-13,18,30H,1-3,6-9,14H2,(H,33,34). The predicted octanol–water partition coefficient (Wildman–Crippen LogP) is 5.81. The summed E-state index contributed by atoms with van der Waals surface area (Å²) in [6.45, 7) is -0.184. The summed E-state index contributed by atoms with van der Waals surface area (Å²) in [5, 5.41) is 11.8. The zero-order valence-corrected chi connectivity index (χ0v) is 19.4. The summed E-state index contributed by atoms with van der Waals surface area (Å²) >= 11 is 0. The number of nitrogens with one attached hydrogen (secondary N) is 1. The van der Waals surface area contributed by atoms with E-state index in [1.54, 1.807) is 18.2 Å². The number of likely N-dealkylation sites (tertiary alicyclic amines) is 1. The molecule has 1 aliphatic carbocycles. The van der Waals surface area contributed by atoms with Crippen LogP contribution in [0.1, 0.15) is 48.2 Å². The number of hydrogen-bond donors (Lipinski definition) is 2. The number of ether oxygens (including phenoxy) is 1. The third-order valence-electron chi connectivity index (χ3n) is 6.70. The predicted molar refractivity (Wildman–Crippen MR) is 125 cm³/mol. The molecule has 0 spiro atoms. The molecule has 0 unspecified atom stereocenters. The highest BCUT2D eigenvalue weighted by molar-refractivity contribution is 5.95. The quantitative estimate of drug-likeness (QED) is 0.444. The number of rotatable bonds is 6. The number of carbonyl (C=O) groups is 2. The van der Waals surface area contributed by atoms with Gasteiger partial charge in [-0.1, -0.05) is 6.07 Å². The van der Waals surface area contributed by atoms with Crippen LogP contribution in [-0.2, 0) is 6.54 Å². The SMILES string of the molecule is O=C(O)NCc1cc2cc(-c3ccc(C(=O)N4CCC(F)(F)CC4)cc3F)cc(OC3CCC3)c2o1. The van der Waals surface area contributed by atoms with E-state index in [9.17, 15) is 18.4 Å². The summed E-state index contributed by atoms with van der Waals surface area (Å²) in [5.74, 6) is -3.07. The van der Waals surface area contributed by atoms with Gasteiger partial charge in [0.2, 0.25) is 0 Å². The zero-order valence-electron chi connectivity index (χ0n) is 19.4. The molecule has 36 heavy (non-hydrogen) atoms. The normalized spacial score (nSPS) is 17.6. The molecule has 1 aromatic heterocycles. The molecule has 5 rings (SSSR count). The van der Waals surface area contributed by atoms with Crippen LogP contribution in [0.5, 0.6) is 5.75 Å². The van der Waals surface area contributed by atoms with Gasteiger partial charge in [0.1, 0.15) is 11.6 Å². The van der Waals surface area contributed by atoms with Crippen molar-refractivity contribution in [2.24, 2.45) is 0 Å². The van der Waals surface area contributed by atoms with Gasteiger partial charge in [-0.3, -0.25) is 4.79 Å². The number of piperidine rings is 1. The number of carboxylic acid groups (broad SMARTS) is 1. The smallest absolute Gasteiger partial charge is 0.405 e. The fourth-order valence-corrected chi connectivity index (χ4v) is 4.44. The average molecular weight is 502 g/mol. The van der Waals surface area contributed by atoms with Crippen LogP contribution < -0.4 is 10.1 Å². The third-order valence-corrected chi connectivity index (χ3v) is 6.70. The van der Waals surface area contributed by atoms with Gasteiger partial charge in [-0.05, 0) is 55.2 Å². The lowest BCUT2D eigenvalue weighted by Crippen LogP contribution is -2.42. The minimum atomic E-state index is -2.78. The molecule has 0 atom stereocenters. The summed E-state index contributed by atoms with van der Waals surface area (Å²) in [6.07, 6.45) is 0.877. The fourth-order valence-electron chi connectivity index (χ4n) is 4.44. The first-order valence-corrected chi connectivity index (χ1v) is 11.9. The van der Waals surface area contributed by atoms with Crippen molar-refractivity contribution in [1.82, 2.24) is 10.2 Å². The Labute approximate surface area is 204 Å². The van der Waals surface area contributed by atoms with Crippen molar-refractivity contribution in [3.8, 4) is 16.9 Å². The number of amides is 2. The maximum atomic E-state index is 15.2. The molecular formula is C26H25F3N2O5. The molecule has 2 N–H and O–H groups in total. The minimum absolute atomic E-state index is 0.0240. The van der Waals surface area contributed by atoms with Crippen LogP contribution >= 0.6 is 0 Å². The van der Waals surface area contributed by atoms with Crippen LogP contribution in [0.25, 0.3) is 22.1 Å². The van der Waals surface area contributed by atoms with Crippen molar-refractivity contribution in [2.45, 2.75) is 50.7 Å². The Morgan fingerprint density at radius 3 is 2.53 bits per heavy atom. The van der Waals surface area contributed by atoms with Gasteiger partial charge in [0.05, 0.1) is 12.6 Å². The van der Waals surface area contributed by atoms with Crippen molar-refractivity contribution in [2.75, 3.05) is 13.1 Å². The van der Waals surface area contributed by atoms with Crippen molar-refractivity contribution < 1.29 is 37.0 Å². The molecule has 3 aromatic rings. The highest BCUT2D eigenvalue weighted by atomic mass is 19.3. The van der Waals surface area contributed by atoms with Crippen molar-refractivity contribution in [3.05, 3.63) is 53.5 Å². The highest BCUT2D eigenvalue weighted by Crippen LogP contribution is 2.38. The maximum absolute atomic E-state index is 15.2. The van der Waals surface area contributed by atoms with E-state index >= 15 is 4.39 Å². The van der Waals surface area contributed by atoms with Gasteiger partial charge >= 0.3 is 6.09 Å². The van der Waals surface area contributed by atoms with E-state index in [1.165, 1.54) is 17.0 Å².